The smallest absolute Gasteiger partial charge is 0.191 e. The lowest BCUT2D eigenvalue weighted by Gasteiger charge is -2.16. The molecule has 3 rings (SSSR count). The summed E-state index contributed by atoms with van der Waals surface area (Å²) in [5, 5.41) is 18.4. The van der Waals surface area contributed by atoms with Gasteiger partial charge in [0.05, 0.1) is 6.54 Å². The van der Waals surface area contributed by atoms with E-state index in [0.29, 0.717) is 12.5 Å². The van der Waals surface area contributed by atoms with Crippen molar-refractivity contribution in [3.8, 4) is 0 Å². The highest BCUT2D eigenvalue weighted by atomic mass is 127. The maximum Gasteiger partial charge on any atom is 0.191 e. The summed E-state index contributed by atoms with van der Waals surface area (Å²) in [6, 6.07) is 10.3. The molecule has 5 nitrogen and oxygen atoms in total. The molecule has 2 heterocycles. The molecule has 0 bridgehead atoms. The lowest BCUT2D eigenvalue weighted by atomic mass is 10.1. The van der Waals surface area contributed by atoms with Crippen LogP contribution in [-0.4, -0.2) is 55.2 Å². The monoisotopic (exact) mass is 502 g/mol. The van der Waals surface area contributed by atoms with Crippen molar-refractivity contribution in [2.24, 2.45) is 10.9 Å². The summed E-state index contributed by atoms with van der Waals surface area (Å²) in [6.07, 6.45) is 0.676. The average Bonchev–Trinajstić information content (AvgIpc) is 3.30. The number of nitrogens with one attached hydrogen (secondary N) is 2. The molecule has 1 saturated heterocycles. The molecule has 7 heteroatoms. The summed E-state index contributed by atoms with van der Waals surface area (Å²) in [4.78, 5) is 8.06. The van der Waals surface area contributed by atoms with Crippen LogP contribution in [0.4, 0.5) is 0 Å². The Labute approximate surface area is 183 Å². The predicted octanol–water partition coefficient (Wildman–Crippen LogP) is 3.45. The van der Waals surface area contributed by atoms with Gasteiger partial charge in [0.2, 0.25) is 0 Å². The molecular formula is C20H31IN4OS. The molecule has 2 aromatic rings. The maximum atomic E-state index is 10.5. The highest BCUT2D eigenvalue weighted by molar-refractivity contribution is 14.0. The highest BCUT2D eigenvalue weighted by Crippen LogP contribution is 2.29. The Kier molecular flexibility index (Phi) is 9.28. The van der Waals surface area contributed by atoms with Crippen molar-refractivity contribution in [1.82, 2.24) is 15.5 Å². The number of fused-ring (bicyclic) bond motifs is 1. The van der Waals surface area contributed by atoms with E-state index < -0.39 is 6.10 Å². The first-order chi connectivity index (χ1) is 12.7. The summed E-state index contributed by atoms with van der Waals surface area (Å²) in [5.41, 5.74) is 0. The Morgan fingerprint density at radius 3 is 2.85 bits per heavy atom. The minimum Gasteiger partial charge on any atom is -0.386 e. The van der Waals surface area contributed by atoms with E-state index in [-0.39, 0.29) is 24.0 Å². The fraction of sp³-hybridized carbons (Fsp3) is 0.550. The van der Waals surface area contributed by atoms with Crippen molar-refractivity contribution in [3.63, 3.8) is 0 Å². The summed E-state index contributed by atoms with van der Waals surface area (Å²) in [5.74, 6) is 1.47. The number of aliphatic imine (C=N–C) groups is 1. The normalized spacial score (nSPS) is 19.1. The Bertz CT molecular complexity index is 703. The van der Waals surface area contributed by atoms with Gasteiger partial charge in [-0.1, -0.05) is 25.1 Å². The highest BCUT2D eigenvalue weighted by Gasteiger charge is 2.21. The molecule has 1 aromatic carbocycles. The average molecular weight is 502 g/mol. The molecule has 0 saturated carbocycles. The van der Waals surface area contributed by atoms with Gasteiger partial charge in [-0.3, -0.25) is 4.99 Å². The second-order valence-electron chi connectivity index (χ2n) is 6.85. The topological polar surface area (TPSA) is 59.9 Å². The van der Waals surface area contributed by atoms with Crippen molar-refractivity contribution in [1.29, 1.82) is 0 Å². The molecule has 1 aliphatic rings. The number of halogens is 1. The molecule has 27 heavy (non-hydrogen) atoms. The number of aliphatic hydroxyl groups excluding tert-OH is 1. The van der Waals surface area contributed by atoms with Crippen LogP contribution < -0.4 is 10.6 Å². The van der Waals surface area contributed by atoms with Gasteiger partial charge in [0.25, 0.3) is 0 Å². The van der Waals surface area contributed by atoms with Gasteiger partial charge in [-0.15, -0.1) is 35.3 Å². The Morgan fingerprint density at radius 2 is 2.15 bits per heavy atom. The van der Waals surface area contributed by atoms with E-state index in [9.17, 15) is 5.11 Å². The molecule has 150 valence electrons. The standard InChI is InChI=1S/C20H30N4OS.HI/c1-3-21-20(22-12-15-9-10-24(4-2)14-15)23-13-17(25)19-11-16-7-5-6-8-18(16)26-19;/h5-8,11,15,17,25H,3-4,9-10,12-14H2,1-2H3,(H2,21,22,23);1H. The summed E-state index contributed by atoms with van der Waals surface area (Å²) in [6.45, 7) is 9.89. The van der Waals surface area contributed by atoms with Crippen LogP contribution in [0, 0.1) is 5.92 Å². The van der Waals surface area contributed by atoms with E-state index in [1.54, 1.807) is 11.3 Å². The fourth-order valence-corrected chi connectivity index (χ4v) is 4.43. The van der Waals surface area contributed by atoms with Gasteiger partial charge in [-0.2, -0.15) is 0 Å². The van der Waals surface area contributed by atoms with Crippen molar-refractivity contribution in [3.05, 3.63) is 35.2 Å². The van der Waals surface area contributed by atoms with Crippen LogP contribution in [-0.2, 0) is 0 Å². The van der Waals surface area contributed by atoms with E-state index in [4.69, 9.17) is 0 Å². The molecule has 3 N–H and O–H groups in total. The van der Waals surface area contributed by atoms with Crippen LogP contribution in [0.25, 0.3) is 10.1 Å². The summed E-state index contributed by atoms with van der Waals surface area (Å²) >= 11 is 1.64. The minimum absolute atomic E-state index is 0. The number of hydrogen-bond acceptors (Lipinski definition) is 4. The largest absolute Gasteiger partial charge is 0.386 e. The molecule has 1 aromatic heterocycles. The number of benzene rings is 1. The van der Waals surface area contributed by atoms with Crippen molar-refractivity contribution in [2.75, 3.05) is 39.3 Å². The third kappa shape index (κ3) is 6.30. The third-order valence-electron chi connectivity index (χ3n) is 4.91. The second-order valence-corrected chi connectivity index (χ2v) is 7.97. The Balaban J connectivity index is 0.00000261. The predicted molar refractivity (Wildman–Crippen MR) is 126 cm³/mol. The van der Waals surface area contributed by atoms with E-state index >= 15 is 0 Å². The second kappa shape index (κ2) is 11.2. The third-order valence-corrected chi connectivity index (χ3v) is 6.13. The zero-order valence-electron chi connectivity index (χ0n) is 16.1. The number of guanidine groups is 1. The van der Waals surface area contributed by atoms with Crippen LogP contribution >= 0.6 is 35.3 Å². The lowest BCUT2D eigenvalue weighted by Crippen LogP contribution is -2.40. The van der Waals surface area contributed by atoms with Crippen molar-refractivity contribution < 1.29 is 5.11 Å². The SMILES string of the molecule is CCNC(=NCC(O)c1cc2ccccc2s1)NCC1CCN(CC)C1.I. The number of hydrogen-bond donors (Lipinski definition) is 3. The zero-order valence-corrected chi connectivity index (χ0v) is 19.3. The first-order valence-electron chi connectivity index (χ1n) is 9.60. The van der Waals surface area contributed by atoms with Gasteiger partial charge in [0, 0.05) is 29.2 Å². The fourth-order valence-electron chi connectivity index (χ4n) is 3.38. The molecule has 0 radical (unpaired) electrons. The number of likely N-dealkylation sites (tertiary alicyclic amines) is 1. The van der Waals surface area contributed by atoms with E-state index in [1.165, 1.54) is 23.1 Å². The van der Waals surface area contributed by atoms with Crippen LogP contribution in [0.15, 0.2) is 35.3 Å². The van der Waals surface area contributed by atoms with Gasteiger partial charge >= 0.3 is 0 Å². The molecule has 0 spiro atoms. The molecule has 1 fully saturated rings. The molecule has 1 aliphatic heterocycles. The van der Waals surface area contributed by atoms with Gasteiger partial charge in [0.1, 0.15) is 6.10 Å². The maximum absolute atomic E-state index is 10.5. The van der Waals surface area contributed by atoms with E-state index in [0.717, 1.165) is 37.0 Å². The molecule has 2 atom stereocenters. The first-order valence-corrected chi connectivity index (χ1v) is 10.4. The summed E-state index contributed by atoms with van der Waals surface area (Å²) in [7, 11) is 0. The van der Waals surface area contributed by atoms with Gasteiger partial charge < -0.3 is 20.6 Å². The summed E-state index contributed by atoms with van der Waals surface area (Å²) < 4.78 is 1.21. The van der Waals surface area contributed by atoms with Crippen LogP contribution in [0.5, 0.6) is 0 Å². The van der Waals surface area contributed by atoms with Gasteiger partial charge in [0.15, 0.2) is 5.96 Å². The van der Waals surface area contributed by atoms with Gasteiger partial charge in [-0.05, 0) is 49.9 Å². The minimum atomic E-state index is -0.565. The van der Waals surface area contributed by atoms with Crippen molar-refractivity contribution >= 4 is 51.4 Å². The van der Waals surface area contributed by atoms with E-state index in [2.05, 4.69) is 52.6 Å². The van der Waals surface area contributed by atoms with Crippen LogP contribution in [0.1, 0.15) is 31.2 Å². The number of thiophene rings is 1. The number of nitrogens with zero attached hydrogens (tertiary/aromatic N) is 2. The molecule has 2 unspecified atom stereocenters. The molecular weight excluding hydrogens is 471 g/mol. The van der Waals surface area contributed by atoms with E-state index in [1.807, 2.05) is 12.1 Å². The molecule has 0 aliphatic carbocycles. The number of rotatable bonds is 7. The zero-order chi connectivity index (χ0) is 18.4. The van der Waals surface area contributed by atoms with Crippen LogP contribution in [0.2, 0.25) is 0 Å². The lowest BCUT2D eigenvalue weighted by molar-refractivity contribution is 0.191. The molecule has 0 amide bonds. The van der Waals surface area contributed by atoms with Crippen molar-refractivity contribution in [2.45, 2.75) is 26.4 Å². The Morgan fingerprint density at radius 1 is 1.33 bits per heavy atom. The quantitative estimate of drug-likeness (QED) is 0.309. The first kappa shape index (κ1) is 22.4. The Hall–Kier alpha value is -0.900. The van der Waals surface area contributed by atoms with Gasteiger partial charge in [-0.25, -0.2) is 0 Å². The number of aliphatic hydroxyl groups is 1. The van der Waals surface area contributed by atoms with Crippen LogP contribution in [0.3, 0.4) is 0 Å².